The van der Waals surface area contributed by atoms with Gasteiger partial charge in [0.05, 0.1) is 0 Å². The SMILES string of the molecule is CSCCCNCC1CCCC(Cl)C1. The van der Waals surface area contributed by atoms with E-state index in [1.54, 1.807) is 0 Å². The van der Waals surface area contributed by atoms with Crippen LogP contribution in [0.2, 0.25) is 0 Å². The van der Waals surface area contributed by atoms with E-state index < -0.39 is 0 Å². The first kappa shape index (κ1) is 12.7. The van der Waals surface area contributed by atoms with Crippen LogP contribution >= 0.6 is 23.4 Å². The molecule has 0 aliphatic heterocycles. The lowest BCUT2D eigenvalue weighted by Crippen LogP contribution is -2.28. The van der Waals surface area contributed by atoms with E-state index in [1.807, 2.05) is 11.8 Å². The summed E-state index contributed by atoms with van der Waals surface area (Å²) in [6.07, 6.45) is 8.60. The molecule has 0 heterocycles. The Balaban J connectivity index is 1.95. The van der Waals surface area contributed by atoms with Gasteiger partial charge in [-0.25, -0.2) is 0 Å². The normalized spacial score (nSPS) is 27.9. The number of thioether (sulfide) groups is 1. The van der Waals surface area contributed by atoms with Gasteiger partial charge in [-0.1, -0.05) is 6.42 Å². The molecule has 1 fully saturated rings. The lowest BCUT2D eigenvalue weighted by atomic mass is 9.89. The number of rotatable bonds is 6. The van der Waals surface area contributed by atoms with Crippen molar-refractivity contribution < 1.29 is 0 Å². The summed E-state index contributed by atoms with van der Waals surface area (Å²) >= 11 is 8.07. The van der Waals surface area contributed by atoms with Gasteiger partial charge < -0.3 is 5.32 Å². The maximum absolute atomic E-state index is 6.14. The fraction of sp³-hybridized carbons (Fsp3) is 1.00. The van der Waals surface area contributed by atoms with Gasteiger partial charge in [-0.05, 0) is 56.7 Å². The maximum Gasteiger partial charge on any atom is 0.0339 e. The Morgan fingerprint density at radius 1 is 1.43 bits per heavy atom. The van der Waals surface area contributed by atoms with Crippen molar-refractivity contribution >= 4 is 23.4 Å². The molecule has 0 aromatic carbocycles. The molecular weight excluding hydrogens is 214 g/mol. The smallest absolute Gasteiger partial charge is 0.0339 e. The van der Waals surface area contributed by atoms with Crippen LogP contribution < -0.4 is 5.32 Å². The van der Waals surface area contributed by atoms with Crippen molar-refractivity contribution in [2.75, 3.05) is 25.1 Å². The molecule has 14 heavy (non-hydrogen) atoms. The Hall–Kier alpha value is 0.600. The van der Waals surface area contributed by atoms with Crippen molar-refractivity contribution in [3.8, 4) is 0 Å². The summed E-state index contributed by atoms with van der Waals surface area (Å²) in [5.74, 6) is 2.11. The zero-order valence-electron chi connectivity index (χ0n) is 9.10. The third-order valence-electron chi connectivity index (χ3n) is 2.85. The zero-order chi connectivity index (χ0) is 10.2. The first-order valence-corrected chi connectivity index (χ1v) is 7.49. The van der Waals surface area contributed by atoms with E-state index >= 15 is 0 Å². The molecule has 1 aliphatic rings. The Bertz CT molecular complexity index is 143. The highest BCUT2D eigenvalue weighted by molar-refractivity contribution is 7.98. The molecule has 0 aromatic heterocycles. The Morgan fingerprint density at radius 3 is 3.00 bits per heavy atom. The topological polar surface area (TPSA) is 12.0 Å². The predicted molar refractivity (Wildman–Crippen MR) is 67.5 cm³/mol. The minimum atomic E-state index is 0.446. The summed E-state index contributed by atoms with van der Waals surface area (Å²) in [4.78, 5) is 0. The molecule has 1 aliphatic carbocycles. The fourth-order valence-electron chi connectivity index (χ4n) is 2.06. The van der Waals surface area contributed by atoms with Gasteiger partial charge in [0.2, 0.25) is 0 Å². The van der Waals surface area contributed by atoms with Crippen LogP contribution in [0, 0.1) is 5.92 Å². The summed E-state index contributed by atoms with van der Waals surface area (Å²) in [5.41, 5.74) is 0. The third-order valence-corrected chi connectivity index (χ3v) is 3.95. The van der Waals surface area contributed by atoms with Crippen LogP contribution in [0.15, 0.2) is 0 Å². The molecule has 2 atom stereocenters. The highest BCUT2D eigenvalue weighted by Crippen LogP contribution is 2.27. The molecule has 0 saturated heterocycles. The third kappa shape index (κ3) is 5.47. The van der Waals surface area contributed by atoms with Crippen molar-refractivity contribution in [2.45, 2.75) is 37.5 Å². The second kappa shape index (κ2) is 7.84. The standard InChI is InChI=1S/C11H22ClNS/c1-14-7-3-6-13-9-10-4-2-5-11(12)8-10/h10-11,13H,2-9H2,1H3. The van der Waals surface area contributed by atoms with Crippen molar-refractivity contribution in [1.82, 2.24) is 5.32 Å². The molecule has 0 amide bonds. The van der Waals surface area contributed by atoms with Crippen LogP contribution in [0.3, 0.4) is 0 Å². The van der Waals surface area contributed by atoms with Crippen LogP contribution in [-0.2, 0) is 0 Å². The van der Waals surface area contributed by atoms with Gasteiger partial charge in [-0.15, -0.1) is 11.6 Å². The van der Waals surface area contributed by atoms with Crippen molar-refractivity contribution in [1.29, 1.82) is 0 Å². The number of halogens is 1. The van der Waals surface area contributed by atoms with Crippen molar-refractivity contribution in [3.05, 3.63) is 0 Å². The highest BCUT2D eigenvalue weighted by Gasteiger charge is 2.19. The van der Waals surface area contributed by atoms with E-state index in [2.05, 4.69) is 11.6 Å². The summed E-state index contributed by atoms with van der Waals surface area (Å²) in [6.45, 7) is 2.35. The number of nitrogens with one attached hydrogen (secondary N) is 1. The highest BCUT2D eigenvalue weighted by atomic mass is 35.5. The van der Waals surface area contributed by atoms with E-state index in [1.165, 1.54) is 50.9 Å². The summed E-state index contributed by atoms with van der Waals surface area (Å²) < 4.78 is 0. The quantitative estimate of drug-likeness (QED) is 0.561. The van der Waals surface area contributed by atoms with Gasteiger partial charge in [-0.3, -0.25) is 0 Å². The lowest BCUT2D eigenvalue weighted by molar-refractivity contribution is 0.347. The monoisotopic (exact) mass is 235 g/mol. The summed E-state index contributed by atoms with van der Waals surface area (Å²) in [5, 5.41) is 3.98. The van der Waals surface area contributed by atoms with Crippen LogP contribution in [-0.4, -0.2) is 30.5 Å². The predicted octanol–water partition coefficient (Wildman–Crippen LogP) is 3.13. The molecule has 84 valence electrons. The summed E-state index contributed by atoms with van der Waals surface area (Å²) in [7, 11) is 0. The molecule has 1 N–H and O–H groups in total. The average molecular weight is 236 g/mol. The number of alkyl halides is 1. The van der Waals surface area contributed by atoms with Crippen molar-refractivity contribution in [3.63, 3.8) is 0 Å². The zero-order valence-corrected chi connectivity index (χ0v) is 10.7. The Kier molecular flexibility index (Phi) is 7.09. The lowest BCUT2D eigenvalue weighted by Gasteiger charge is -2.25. The number of hydrogen-bond acceptors (Lipinski definition) is 2. The molecule has 3 heteroatoms. The van der Waals surface area contributed by atoms with Crippen LogP contribution in [0.5, 0.6) is 0 Å². The van der Waals surface area contributed by atoms with Gasteiger partial charge in [0, 0.05) is 5.38 Å². The van der Waals surface area contributed by atoms with Gasteiger partial charge in [0.25, 0.3) is 0 Å². The van der Waals surface area contributed by atoms with E-state index in [0.29, 0.717) is 5.38 Å². The second-order valence-corrected chi connectivity index (χ2v) is 5.78. The summed E-state index contributed by atoms with van der Waals surface area (Å²) in [6, 6.07) is 0. The first-order chi connectivity index (χ1) is 6.83. The molecule has 0 spiro atoms. The molecule has 1 nitrogen and oxygen atoms in total. The fourth-order valence-corrected chi connectivity index (χ4v) is 2.90. The van der Waals surface area contributed by atoms with Crippen LogP contribution in [0.25, 0.3) is 0 Å². The van der Waals surface area contributed by atoms with Crippen LogP contribution in [0.1, 0.15) is 32.1 Å². The minimum absolute atomic E-state index is 0.446. The molecule has 0 radical (unpaired) electrons. The Labute approximate surface area is 97.4 Å². The maximum atomic E-state index is 6.14. The van der Waals surface area contributed by atoms with Crippen LogP contribution in [0.4, 0.5) is 0 Å². The van der Waals surface area contributed by atoms with Gasteiger partial charge in [-0.2, -0.15) is 11.8 Å². The minimum Gasteiger partial charge on any atom is -0.316 e. The molecule has 0 bridgehead atoms. The largest absolute Gasteiger partial charge is 0.316 e. The van der Waals surface area contributed by atoms with E-state index in [4.69, 9.17) is 11.6 Å². The molecule has 1 rings (SSSR count). The average Bonchev–Trinajstić information content (AvgIpc) is 2.18. The Morgan fingerprint density at radius 2 is 2.29 bits per heavy atom. The number of hydrogen-bond donors (Lipinski definition) is 1. The van der Waals surface area contributed by atoms with E-state index in [-0.39, 0.29) is 0 Å². The second-order valence-electron chi connectivity index (χ2n) is 4.18. The van der Waals surface area contributed by atoms with Crippen molar-refractivity contribution in [2.24, 2.45) is 5.92 Å². The molecular formula is C11H22ClNS. The molecule has 1 saturated carbocycles. The van der Waals surface area contributed by atoms with Gasteiger partial charge >= 0.3 is 0 Å². The van der Waals surface area contributed by atoms with E-state index in [0.717, 1.165) is 5.92 Å². The van der Waals surface area contributed by atoms with E-state index in [9.17, 15) is 0 Å². The van der Waals surface area contributed by atoms with Gasteiger partial charge in [0.1, 0.15) is 0 Å². The first-order valence-electron chi connectivity index (χ1n) is 5.66. The van der Waals surface area contributed by atoms with Gasteiger partial charge in [0.15, 0.2) is 0 Å². The molecule has 2 unspecified atom stereocenters. The molecule has 0 aromatic rings.